The van der Waals surface area contributed by atoms with Gasteiger partial charge in [-0.3, -0.25) is 9.59 Å². The number of methoxy groups -OCH3 is 1. The van der Waals surface area contributed by atoms with Gasteiger partial charge in [0.05, 0.1) is 6.61 Å². The lowest BCUT2D eigenvalue weighted by atomic mass is 10.0. The van der Waals surface area contributed by atoms with Crippen molar-refractivity contribution in [2.45, 2.75) is 38.6 Å². The summed E-state index contributed by atoms with van der Waals surface area (Å²) < 4.78 is 15.8. The Balaban J connectivity index is 1.84. The van der Waals surface area contributed by atoms with Gasteiger partial charge in [0.2, 0.25) is 5.89 Å². The zero-order valence-corrected chi connectivity index (χ0v) is 14.4. The molecule has 1 amide bonds. The molecule has 2 aromatic heterocycles. The van der Waals surface area contributed by atoms with Gasteiger partial charge < -0.3 is 18.6 Å². The summed E-state index contributed by atoms with van der Waals surface area (Å²) in [7, 11) is 1.61. The summed E-state index contributed by atoms with van der Waals surface area (Å²) in [6.07, 6.45) is 3.12. The first-order valence-corrected chi connectivity index (χ1v) is 8.32. The van der Waals surface area contributed by atoms with Crippen molar-refractivity contribution in [1.82, 2.24) is 15.0 Å². The highest BCUT2D eigenvalue weighted by Crippen LogP contribution is 2.31. The molecule has 1 atom stereocenters. The average Bonchev–Trinajstić information content (AvgIpc) is 3.07. The van der Waals surface area contributed by atoms with Crippen LogP contribution < -0.4 is 5.43 Å². The fourth-order valence-corrected chi connectivity index (χ4v) is 2.98. The van der Waals surface area contributed by atoms with Gasteiger partial charge in [-0.15, -0.1) is 0 Å². The van der Waals surface area contributed by atoms with E-state index in [9.17, 15) is 9.59 Å². The second kappa shape index (κ2) is 7.60. The third-order valence-corrected chi connectivity index (χ3v) is 4.16. The summed E-state index contributed by atoms with van der Waals surface area (Å²) in [6.45, 7) is 2.70. The molecular formula is C17H21N3O5. The van der Waals surface area contributed by atoms with Gasteiger partial charge in [-0.05, 0) is 26.2 Å². The first-order valence-electron chi connectivity index (χ1n) is 8.32. The Kier molecular flexibility index (Phi) is 5.28. The summed E-state index contributed by atoms with van der Waals surface area (Å²) in [5.41, 5.74) is -0.250. The van der Waals surface area contributed by atoms with E-state index in [0.717, 1.165) is 19.3 Å². The fourth-order valence-electron chi connectivity index (χ4n) is 2.98. The number of hydrogen-bond donors (Lipinski definition) is 0. The van der Waals surface area contributed by atoms with Gasteiger partial charge in [0.1, 0.15) is 11.8 Å². The van der Waals surface area contributed by atoms with Crippen LogP contribution in [0.4, 0.5) is 0 Å². The van der Waals surface area contributed by atoms with Gasteiger partial charge >= 0.3 is 0 Å². The average molecular weight is 347 g/mol. The van der Waals surface area contributed by atoms with Crippen LogP contribution >= 0.6 is 0 Å². The Hall–Kier alpha value is -2.48. The van der Waals surface area contributed by atoms with E-state index in [1.54, 1.807) is 18.9 Å². The Bertz CT molecular complexity index is 798. The summed E-state index contributed by atoms with van der Waals surface area (Å²) >= 11 is 0. The molecule has 0 aliphatic carbocycles. The summed E-state index contributed by atoms with van der Waals surface area (Å²) in [5.74, 6) is 1.08. The van der Waals surface area contributed by atoms with Crippen molar-refractivity contribution >= 4 is 5.91 Å². The van der Waals surface area contributed by atoms with Crippen molar-refractivity contribution in [3.8, 4) is 0 Å². The van der Waals surface area contributed by atoms with Gasteiger partial charge in [-0.2, -0.15) is 4.98 Å². The van der Waals surface area contributed by atoms with Crippen molar-refractivity contribution in [1.29, 1.82) is 0 Å². The first kappa shape index (κ1) is 17.3. The molecule has 0 aromatic carbocycles. The minimum Gasteiger partial charge on any atom is -0.456 e. The molecule has 25 heavy (non-hydrogen) atoms. The molecule has 0 N–H and O–H groups in total. The van der Waals surface area contributed by atoms with Crippen LogP contribution in [0.2, 0.25) is 0 Å². The molecule has 3 heterocycles. The number of rotatable bonds is 5. The zero-order valence-electron chi connectivity index (χ0n) is 14.4. The number of nitrogens with zero attached hydrogens (tertiary/aromatic N) is 3. The number of piperidine rings is 1. The third-order valence-electron chi connectivity index (χ3n) is 4.16. The number of ether oxygens (including phenoxy) is 1. The summed E-state index contributed by atoms with van der Waals surface area (Å²) in [5, 5.41) is 3.95. The molecule has 8 heteroatoms. The number of aryl methyl sites for hydroxylation is 1. The van der Waals surface area contributed by atoms with Gasteiger partial charge in [0, 0.05) is 32.2 Å². The maximum atomic E-state index is 12.9. The van der Waals surface area contributed by atoms with E-state index < -0.39 is 0 Å². The van der Waals surface area contributed by atoms with E-state index in [-0.39, 0.29) is 23.1 Å². The predicted molar refractivity (Wildman–Crippen MR) is 87.2 cm³/mol. The highest BCUT2D eigenvalue weighted by atomic mass is 16.5. The van der Waals surface area contributed by atoms with E-state index >= 15 is 0 Å². The number of carbonyl (C=O) groups is 1. The topological polar surface area (TPSA) is 98.7 Å². The molecule has 0 saturated carbocycles. The van der Waals surface area contributed by atoms with E-state index in [1.165, 1.54) is 12.1 Å². The summed E-state index contributed by atoms with van der Waals surface area (Å²) in [6, 6.07) is 2.26. The Morgan fingerprint density at radius 2 is 2.24 bits per heavy atom. The van der Waals surface area contributed by atoms with Crippen molar-refractivity contribution in [2.24, 2.45) is 0 Å². The molecule has 2 aromatic rings. The Morgan fingerprint density at radius 1 is 1.40 bits per heavy atom. The van der Waals surface area contributed by atoms with Crippen LogP contribution in [0.5, 0.6) is 0 Å². The lowest BCUT2D eigenvalue weighted by molar-refractivity contribution is 0.0525. The van der Waals surface area contributed by atoms with Crippen molar-refractivity contribution in [3.05, 3.63) is 45.6 Å². The van der Waals surface area contributed by atoms with Gasteiger partial charge in [0.25, 0.3) is 5.91 Å². The normalized spacial score (nSPS) is 17.7. The first-order chi connectivity index (χ1) is 12.1. The number of aromatic nitrogens is 2. The molecule has 0 spiro atoms. The van der Waals surface area contributed by atoms with Crippen LogP contribution in [0.1, 0.15) is 53.3 Å². The molecule has 134 valence electrons. The molecular weight excluding hydrogens is 326 g/mol. The van der Waals surface area contributed by atoms with Crippen LogP contribution in [0.25, 0.3) is 0 Å². The molecule has 8 nitrogen and oxygen atoms in total. The minimum absolute atomic E-state index is 0.0380. The minimum atomic E-state index is -0.331. The fraction of sp³-hybridized carbons (Fsp3) is 0.529. The molecule has 0 bridgehead atoms. The van der Waals surface area contributed by atoms with Crippen molar-refractivity contribution in [2.75, 3.05) is 20.3 Å². The highest BCUT2D eigenvalue weighted by Gasteiger charge is 2.33. The zero-order chi connectivity index (χ0) is 17.8. The van der Waals surface area contributed by atoms with Crippen LogP contribution in [0, 0.1) is 6.92 Å². The number of amides is 1. The molecule has 1 fully saturated rings. The van der Waals surface area contributed by atoms with E-state index in [2.05, 4.69) is 10.1 Å². The van der Waals surface area contributed by atoms with Crippen LogP contribution in [-0.2, 0) is 11.2 Å². The monoisotopic (exact) mass is 347 g/mol. The van der Waals surface area contributed by atoms with Crippen LogP contribution in [0.15, 0.2) is 25.9 Å². The Morgan fingerprint density at radius 3 is 3.00 bits per heavy atom. The highest BCUT2D eigenvalue weighted by molar-refractivity contribution is 5.91. The van der Waals surface area contributed by atoms with Crippen LogP contribution in [0.3, 0.4) is 0 Å². The quantitative estimate of drug-likeness (QED) is 0.814. The number of hydrogen-bond acceptors (Lipinski definition) is 7. The van der Waals surface area contributed by atoms with Gasteiger partial charge in [-0.1, -0.05) is 5.16 Å². The van der Waals surface area contributed by atoms with Crippen molar-refractivity contribution in [3.63, 3.8) is 0 Å². The lowest BCUT2D eigenvalue weighted by Gasteiger charge is -2.32. The second-order valence-corrected chi connectivity index (χ2v) is 6.07. The van der Waals surface area contributed by atoms with E-state index in [1.807, 2.05) is 0 Å². The third kappa shape index (κ3) is 3.96. The largest absolute Gasteiger partial charge is 0.456 e. The maximum absolute atomic E-state index is 12.9. The molecule has 1 saturated heterocycles. The lowest BCUT2D eigenvalue weighted by Crippen LogP contribution is -2.39. The number of likely N-dealkylation sites (tertiary alicyclic amines) is 1. The standard InChI is InChI=1S/C17H21N3O5/c1-11-9-12(21)10-14(24-11)17(22)20-7-4-3-5-13(20)16-18-15(19-25-16)6-8-23-2/h9-10,13H,3-8H2,1-2H3/t13-/m1/s1. The summed E-state index contributed by atoms with van der Waals surface area (Å²) in [4.78, 5) is 30.6. The second-order valence-electron chi connectivity index (χ2n) is 6.07. The van der Waals surface area contributed by atoms with E-state index in [4.69, 9.17) is 13.7 Å². The molecule has 0 unspecified atom stereocenters. The Labute approximate surface area is 144 Å². The molecule has 0 radical (unpaired) electrons. The van der Waals surface area contributed by atoms with Gasteiger partial charge in [0.15, 0.2) is 17.0 Å². The smallest absolute Gasteiger partial charge is 0.290 e. The van der Waals surface area contributed by atoms with Gasteiger partial charge in [-0.25, -0.2) is 0 Å². The molecule has 1 aliphatic heterocycles. The molecule has 3 rings (SSSR count). The molecule has 1 aliphatic rings. The van der Waals surface area contributed by atoms with Crippen LogP contribution in [-0.4, -0.2) is 41.2 Å². The van der Waals surface area contributed by atoms with E-state index in [0.29, 0.717) is 37.0 Å². The predicted octanol–water partition coefficient (Wildman–Crippen LogP) is 1.89. The van der Waals surface area contributed by atoms with Crippen molar-refractivity contribution < 1.29 is 18.5 Å². The SMILES string of the molecule is COCCc1noc([C@H]2CCCCN2C(=O)c2cc(=O)cc(C)o2)n1. The maximum Gasteiger partial charge on any atom is 0.290 e. The number of carbonyl (C=O) groups excluding carboxylic acids is 1.